The Morgan fingerprint density at radius 2 is 1.81 bits per heavy atom. The average molecular weight is 275 g/mol. The van der Waals surface area contributed by atoms with Crippen LogP contribution >= 0.6 is 0 Å². The highest BCUT2D eigenvalue weighted by molar-refractivity contribution is 6.07. The lowest BCUT2D eigenvalue weighted by atomic mass is 10.0. The van der Waals surface area contributed by atoms with Gasteiger partial charge in [0.25, 0.3) is 0 Å². The third-order valence-corrected chi connectivity index (χ3v) is 3.64. The third-order valence-electron chi connectivity index (χ3n) is 3.64. The molecule has 21 heavy (non-hydrogen) atoms. The number of hydrogen-bond donors (Lipinski definition) is 0. The monoisotopic (exact) mass is 275 g/mol. The van der Waals surface area contributed by atoms with Crippen molar-refractivity contribution in [3.8, 4) is 0 Å². The molecule has 0 spiro atoms. The second kappa shape index (κ2) is 5.80. The summed E-state index contributed by atoms with van der Waals surface area (Å²) in [5.41, 5.74) is 4.24. The number of allylic oxidation sites excluding steroid dienone is 8. The zero-order valence-corrected chi connectivity index (χ0v) is 12.0. The highest BCUT2D eigenvalue weighted by atomic mass is 16.1. The second-order valence-electron chi connectivity index (χ2n) is 4.93. The summed E-state index contributed by atoms with van der Waals surface area (Å²) >= 11 is 0. The minimum atomic E-state index is 0.0533. The smallest absolute Gasteiger partial charge is 0.185 e. The van der Waals surface area contributed by atoms with Gasteiger partial charge in [0.1, 0.15) is 0 Å². The predicted octanol–water partition coefficient (Wildman–Crippen LogP) is 4.05. The van der Waals surface area contributed by atoms with Crippen LogP contribution in [-0.2, 0) is 4.79 Å². The number of ketones is 1. The van der Waals surface area contributed by atoms with Crippen LogP contribution < -0.4 is 4.90 Å². The molecule has 0 N–H and O–H groups in total. The molecule has 2 heteroatoms. The second-order valence-corrected chi connectivity index (χ2v) is 4.93. The van der Waals surface area contributed by atoms with Crippen molar-refractivity contribution >= 4 is 17.5 Å². The van der Waals surface area contributed by atoms with E-state index in [1.165, 1.54) is 11.3 Å². The minimum Gasteiger partial charge on any atom is -0.341 e. The highest BCUT2D eigenvalue weighted by Gasteiger charge is 2.14. The Balaban J connectivity index is 1.95. The molecule has 1 aromatic carbocycles. The van der Waals surface area contributed by atoms with Crippen molar-refractivity contribution in [2.45, 2.75) is 6.92 Å². The summed E-state index contributed by atoms with van der Waals surface area (Å²) in [6.07, 6.45) is 15.2. The Morgan fingerprint density at radius 1 is 1.00 bits per heavy atom. The Labute approximate surface area is 125 Å². The molecule has 0 bridgehead atoms. The summed E-state index contributed by atoms with van der Waals surface area (Å²) in [5, 5.41) is 0. The normalized spacial score (nSPS) is 20.4. The number of benzene rings is 1. The van der Waals surface area contributed by atoms with E-state index in [1.54, 1.807) is 12.2 Å². The molecule has 0 fully saturated rings. The van der Waals surface area contributed by atoms with Crippen molar-refractivity contribution in [3.05, 3.63) is 83.6 Å². The first-order valence-corrected chi connectivity index (χ1v) is 7.15. The fourth-order valence-electron chi connectivity index (χ4n) is 2.57. The van der Waals surface area contributed by atoms with Gasteiger partial charge in [-0.05, 0) is 42.9 Å². The van der Waals surface area contributed by atoms with Gasteiger partial charge in [-0.1, -0.05) is 42.5 Å². The van der Waals surface area contributed by atoms with Gasteiger partial charge >= 0.3 is 0 Å². The summed E-state index contributed by atoms with van der Waals surface area (Å²) < 4.78 is 0. The first kappa shape index (κ1) is 13.4. The van der Waals surface area contributed by atoms with Gasteiger partial charge in [0.05, 0.1) is 0 Å². The molecule has 0 aromatic heterocycles. The zero-order valence-electron chi connectivity index (χ0n) is 12.0. The van der Waals surface area contributed by atoms with Crippen LogP contribution in [0.4, 0.5) is 5.69 Å². The molecule has 0 saturated carbocycles. The third kappa shape index (κ3) is 2.65. The molecule has 3 rings (SSSR count). The Bertz CT molecular complexity index is 717. The van der Waals surface area contributed by atoms with Crippen molar-refractivity contribution in [3.63, 3.8) is 0 Å². The van der Waals surface area contributed by atoms with Gasteiger partial charge in [-0.2, -0.15) is 0 Å². The van der Waals surface area contributed by atoms with Crippen molar-refractivity contribution in [1.29, 1.82) is 0 Å². The molecule has 0 atom stereocenters. The summed E-state index contributed by atoms with van der Waals surface area (Å²) in [6, 6.07) is 8.33. The molecule has 104 valence electrons. The number of anilines is 1. The number of likely N-dealkylation sites (N-methyl/N-ethyl adjacent to an activating group) is 1. The molecule has 1 aliphatic heterocycles. The summed E-state index contributed by atoms with van der Waals surface area (Å²) in [5.74, 6) is 0.0533. The number of carbonyl (C=O) groups excluding carboxylic acids is 1. The van der Waals surface area contributed by atoms with Crippen LogP contribution in [0.5, 0.6) is 0 Å². The van der Waals surface area contributed by atoms with Crippen LogP contribution in [0.15, 0.2) is 78.1 Å². The van der Waals surface area contributed by atoms with E-state index in [4.69, 9.17) is 0 Å². The van der Waals surface area contributed by atoms with Gasteiger partial charge in [0, 0.05) is 23.5 Å². The van der Waals surface area contributed by atoms with Crippen LogP contribution in [0.25, 0.3) is 6.08 Å². The highest BCUT2D eigenvalue weighted by Crippen LogP contribution is 2.30. The van der Waals surface area contributed by atoms with Crippen molar-refractivity contribution in [2.24, 2.45) is 0 Å². The summed E-state index contributed by atoms with van der Waals surface area (Å²) in [7, 11) is 0. The lowest BCUT2D eigenvalue weighted by Gasteiger charge is -2.29. The molecule has 0 unspecified atom stereocenters. The molecule has 2 aliphatic rings. The molecule has 1 aliphatic carbocycles. The van der Waals surface area contributed by atoms with Gasteiger partial charge in [0.2, 0.25) is 0 Å². The zero-order chi connectivity index (χ0) is 14.7. The molecular formula is C19H17NO. The number of nitrogens with zero attached hydrogens (tertiary/aromatic N) is 1. The van der Waals surface area contributed by atoms with Crippen LogP contribution in [0.1, 0.15) is 12.5 Å². The molecule has 0 saturated heterocycles. The van der Waals surface area contributed by atoms with E-state index in [9.17, 15) is 4.79 Å². The largest absolute Gasteiger partial charge is 0.341 e. The van der Waals surface area contributed by atoms with E-state index in [2.05, 4.69) is 42.2 Å². The average Bonchev–Trinajstić information content (AvgIpc) is 2.53. The maximum Gasteiger partial charge on any atom is 0.185 e. The molecule has 1 aromatic rings. The van der Waals surface area contributed by atoms with Gasteiger partial charge in [-0.15, -0.1) is 0 Å². The summed E-state index contributed by atoms with van der Waals surface area (Å²) in [6.45, 7) is 3.02. The lowest BCUT2D eigenvalue weighted by Crippen LogP contribution is -2.23. The van der Waals surface area contributed by atoms with Crippen LogP contribution in [0.2, 0.25) is 0 Å². The first-order chi connectivity index (χ1) is 10.3. The van der Waals surface area contributed by atoms with Gasteiger partial charge < -0.3 is 4.90 Å². The molecule has 2 nitrogen and oxygen atoms in total. The number of para-hydroxylation sites is 1. The maximum absolute atomic E-state index is 11.7. The van der Waals surface area contributed by atoms with Crippen LogP contribution in [0.3, 0.4) is 0 Å². The fourth-order valence-corrected chi connectivity index (χ4v) is 2.57. The van der Waals surface area contributed by atoms with E-state index in [-0.39, 0.29) is 5.78 Å². The number of fused-ring (bicyclic) bond motifs is 1. The van der Waals surface area contributed by atoms with E-state index in [1.807, 2.05) is 30.4 Å². The summed E-state index contributed by atoms with van der Waals surface area (Å²) in [4.78, 5) is 14.0. The topological polar surface area (TPSA) is 20.3 Å². The van der Waals surface area contributed by atoms with E-state index < -0.39 is 0 Å². The van der Waals surface area contributed by atoms with E-state index >= 15 is 0 Å². The van der Waals surface area contributed by atoms with Crippen molar-refractivity contribution < 1.29 is 4.79 Å². The maximum atomic E-state index is 11.7. The Kier molecular flexibility index (Phi) is 3.69. The van der Waals surface area contributed by atoms with Gasteiger partial charge in [-0.25, -0.2) is 0 Å². The fraction of sp³-hybridized carbons (Fsp3) is 0.105. The Hall–Kier alpha value is -2.61. The quantitative estimate of drug-likeness (QED) is 0.759. The molecule has 0 amide bonds. The molecule has 0 radical (unpaired) electrons. The van der Waals surface area contributed by atoms with Crippen LogP contribution in [-0.4, -0.2) is 12.3 Å². The van der Waals surface area contributed by atoms with Crippen molar-refractivity contribution in [1.82, 2.24) is 0 Å². The van der Waals surface area contributed by atoms with Crippen LogP contribution in [0, 0.1) is 0 Å². The van der Waals surface area contributed by atoms with Gasteiger partial charge in [-0.3, -0.25) is 4.79 Å². The Morgan fingerprint density at radius 3 is 2.62 bits per heavy atom. The molecule has 1 heterocycles. The number of rotatable bonds is 2. The van der Waals surface area contributed by atoms with Crippen molar-refractivity contribution in [2.75, 3.05) is 11.4 Å². The van der Waals surface area contributed by atoms with E-state index in [0.29, 0.717) is 5.57 Å². The molecular weight excluding hydrogens is 258 g/mol. The number of hydrogen-bond acceptors (Lipinski definition) is 2. The van der Waals surface area contributed by atoms with E-state index in [0.717, 1.165) is 12.2 Å². The first-order valence-electron chi connectivity index (χ1n) is 7.15. The lowest BCUT2D eigenvalue weighted by molar-refractivity contribution is -0.111. The SMILES string of the molecule is CCN1/C(=C/C=C2C=CC=CC2=O)C=Cc2ccccc21. The number of carbonyl (C=O) groups is 1. The van der Waals surface area contributed by atoms with Gasteiger partial charge in [0.15, 0.2) is 5.78 Å². The predicted molar refractivity (Wildman–Crippen MR) is 87.9 cm³/mol. The minimum absolute atomic E-state index is 0.0533. The standard InChI is InChI=1S/C19H17NO/c1-2-20-17(13-11-15-7-3-5-9-18(15)20)14-12-16-8-4-6-10-19(16)21/h3-14H,2H2,1H3/b16-12?,17-14+.